The highest BCUT2D eigenvalue weighted by molar-refractivity contribution is 5.92. The van der Waals surface area contributed by atoms with Crippen LogP contribution in [0.1, 0.15) is 66.2 Å². The topological polar surface area (TPSA) is 105 Å². The van der Waals surface area contributed by atoms with Gasteiger partial charge in [0, 0.05) is 11.6 Å². The van der Waals surface area contributed by atoms with Crippen LogP contribution in [0.4, 0.5) is 0 Å². The third-order valence-electron chi connectivity index (χ3n) is 4.76. The van der Waals surface area contributed by atoms with Crippen LogP contribution in [0.5, 0.6) is 0 Å². The third-order valence-corrected chi connectivity index (χ3v) is 4.76. The standard InChI is InChI=1S/C16H21N3O3/c17-14(20)11-8-10-12(6-3-7-13(10)19-16(11)22)18-15(21)9-4-1-2-5-9/h8-9,12H,1-7H2,(H2,17,20)(H,18,21)(H,19,22)/t12-/m1/s1. The molecule has 1 heterocycles. The largest absolute Gasteiger partial charge is 0.365 e. The molecule has 22 heavy (non-hydrogen) atoms. The van der Waals surface area contributed by atoms with E-state index in [-0.39, 0.29) is 23.4 Å². The molecule has 0 bridgehead atoms. The number of primary amides is 1. The van der Waals surface area contributed by atoms with Crippen LogP contribution >= 0.6 is 0 Å². The zero-order valence-electron chi connectivity index (χ0n) is 12.5. The number of hydrogen-bond acceptors (Lipinski definition) is 3. The number of pyridine rings is 1. The number of aromatic amines is 1. The predicted octanol–water partition coefficient (Wildman–Crippen LogP) is 1.16. The van der Waals surface area contributed by atoms with E-state index in [1.54, 1.807) is 6.07 Å². The van der Waals surface area contributed by atoms with Gasteiger partial charge < -0.3 is 16.0 Å². The number of amides is 2. The van der Waals surface area contributed by atoms with Crippen molar-refractivity contribution in [1.29, 1.82) is 0 Å². The molecule has 118 valence electrons. The van der Waals surface area contributed by atoms with Crippen molar-refractivity contribution in [2.75, 3.05) is 0 Å². The van der Waals surface area contributed by atoms with Gasteiger partial charge in [-0.05, 0) is 43.7 Å². The molecule has 1 atom stereocenters. The molecule has 1 aromatic heterocycles. The fraction of sp³-hybridized carbons (Fsp3) is 0.562. The van der Waals surface area contributed by atoms with Gasteiger partial charge in [0.25, 0.3) is 11.5 Å². The number of H-pyrrole nitrogens is 1. The molecule has 6 nitrogen and oxygen atoms in total. The highest BCUT2D eigenvalue weighted by atomic mass is 16.2. The number of nitrogens with one attached hydrogen (secondary N) is 2. The molecule has 2 amide bonds. The van der Waals surface area contributed by atoms with Crippen LogP contribution in [0.3, 0.4) is 0 Å². The monoisotopic (exact) mass is 303 g/mol. The molecule has 1 aromatic rings. The van der Waals surface area contributed by atoms with Crippen molar-refractivity contribution in [3.63, 3.8) is 0 Å². The molecular weight excluding hydrogens is 282 g/mol. The summed E-state index contributed by atoms with van der Waals surface area (Å²) in [4.78, 5) is 38.3. The Bertz CT molecular complexity index is 659. The molecule has 2 aliphatic carbocycles. The minimum absolute atomic E-state index is 0.0410. The summed E-state index contributed by atoms with van der Waals surface area (Å²) in [6.07, 6.45) is 6.58. The molecule has 4 N–H and O–H groups in total. The van der Waals surface area contributed by atoms with Gasteiger partial charge in [0.2, 0.25) is 5.91 Å². The van der Waals surface area contributed by atoms with Crippen molar-refractivity contribution in [3.8, 4) is 0 Å². The molecule has 0 radical (unpaired) electrons. The van der Waals surface area contributed by atoms with Crippen molar-refractivity contribution in [1.82, 2.24) is 10.3 Å². The van der Waals surface area contributed by atoms with Crippen molar-refractivity contribution < 1.29 is 9.59 Å². The molecular formula is C16H21N3O3. The Morgan fingerprint density at radius 2 is 1.91 bits per heavy atom. The fourth-order valence-electron chi connectivity index (χ4n) is 3.55. The number of nitrogens with two attached hydrogens (primary N) is 1. The van der Waals surface area contributed by atoms with Gasteiger partial charge in [-0.1, -0.05) is 12.8 Å². The second kappa shape index (κ2) is 5.94. The lowest BCUT2D eigenvalue weighted by Crippen LogP contribution is -2.36. The van der Waals surface area contributed by atoms with Crippen LogP contribution in [0.15, 0.2) is 10.9 Å². The first-order valence-corrected chi connectivity index (χ1v) is 7.92. The average Bonchev–Trinajstić information content (AvgIpc) is 3.00. The molecule has 0 saturated heterocycles. The average molecular weight is 303 g/mol. The predicted molar refractivity (Wildman–Crippen MR) is 81.4 cm³/mol. The first kappa shape index (κ1) is 14.8. The molecule has 1 fully saturated rings. The van der Waals surface area contributed by atoms with E-state index >= 15 is 0 Å². The zero-order chi connectivity index (χ0) is 15.7. The summed E-state index contributed by atoms with van der Waals surface area (Å²) in [5.41, 5.74) is 6.39. The lowest BCUT2D eigenvalue weighted by atomic mass is 9.89. The number of aromatic nitrogens is 1. The van der Waals surface area contributed by atoms with Crippen LogP contribution in [-0.4, -0.2) is 16.8 Å². The molecule has 0 aromatic carbocycles. The Morgan fingerprint density at radius 1 is 1.18 bits per heavy atom. The Kier molecular flexibility index (Phi) is 4.00. The second-order valence-electron chi connectivity index (χ2n) is 6.25. The SMILES string of the molecule is NC(=O)c1cc2c([nH]c1=O)CCC[C@H]2NC(=O)C1CCCC1. The molecule has 0 spiro atoms. The third kappa shape index (κ3) is 2.77. The van der Waals surface area contributed by atoms with E-state index in [0.29, 0.717) is 0 Å². The van der Waals surface area contributed by atoms with Crippen molar-refractivity contribution in [3.05, 3.63) is 33.2 Å². The Balaban J connectivity index is 1.86. The van der Waals surface area contributed by atoms with E-state index in [1.807, 2.05) is 0 Å². The molecule has 0 unspecified atom stereocenters. The summed E-state index contributed by atoms with van der Waals surface area (Å²) in [6.45, 7) is 0. The Morgan fingerprint density at radius 3 is 2.59 bits per heavy atom. The number of hydrogen-bond donors (Lipinski definition) is 3. The number of rotatable bonds is 3. The first-order chi connectivity index (χ1) is 10.6. The lowest BCUT2D eigenvalue weighted by molar-refractivity contribution is -0.125. The minimum atomic E-state index is -0.740. The van der Waals surface area contributed by atoms with Crippen LogP contribution in [0.25, 0.3) is 0 Å². The molecule has 6 heteroatoms. The normalized spacial score (nSPS) is 21.4. The molecule has 1 saturated carbocycles. The minimum Gasteiger partial charge on any atom is -0.365 e. The summed E-state index contributed by atoms with van der Waals surface area (Å²) >= 11 is 0. The van der Waals surface area contributed by atoms with E-state index < -0.39 is 11.5 Å². The van der Waals surface area contributed by atoms with Gasteiger partial charge in [0.05, 0.1) is 6.04 Å². The van der Waals surface area contributed by atoms with E-state index in [2.05, 4.69) is 10.3 Å². The van der Waals surface area contributed by atoms with Gasteiger partial charge in [0.1, 0.15) is 5.56 Å². The highest BCUT2D eigenvalue weighted by Crippen LogP contribution is 2.30. The number of carbonyl (C=O) groups excluding carboxylic acids is 2. The van der Waals surface area contributed by atoms with Crippen LogP contribution < -0.4 is 16.6 Å². The van der Waals surface area contributed by atoms with E-state index in [9.17, 15) is 14.4 Å². The summed E-state index contributed by atoms with van der Waals surface area (Å²) in [5, 5.41) is 3.09. The smallest absolute Gasteiger partial charge is 0.261 e. The van der Waals surface area contributed by atoms with Crippen molar-refractivity contribution in [2.45, 2.75) is 51.0 Å². The van der Waals surface area contributed by atoms with Gasteiger partial charge in [-0.25, -0.2) is 0 Å². The number of fused-ring (bicyclic) bond motifs is 1. The first-order valence-electron chi connectivity index (χ1n) is 7.92. The van der Waals surface area contributed by atoms with Crippen LogP contribution in [0.2, 0.25) is 0 Å². The maximum Gasteiger partial charge on any atom is 0.261 e. The van der Waals surface area contributed by atoms with E-state index in [1.165, 1.54) is 0 Å². The fourth-order valence-corrected chi connectivity index (χ4v) is 3.55. The summed E-state index contributed by atoms with van der Waals surface area (Å²) in [7, 11) is 0. The van der Waals surface area contributed by atoms with Gasteiger partial charge in [-0.15, -0.1) is 0 Å². The van der Waals surface area contributed by atoms with E-state index in [0.717, 1.165) is 56.2 Å². The molecule has 0 aliphatic heterocycles. The second-order valence-corrected chi connectivity index (χ2v) is 6.25. The number of aryl methyl sites for hydroxylation is 1. The molecule has 3 rings (SSSR count). The zero-order valence-corrected chi connectivity index (χ0v) is 12.5. The van der Waals surface area contributed by atoms with Gasteiger partial charge in [-0.3, -0.25) is 14.4 Å². The van der Waals surface area contributed by atoms with Gasteiger partial charge in [-0.2, -0.15) is 0 Å². The maximum atomic E-state index is 12.3. The summed E-state index contributed by atoms with van der Waals surface area (Å²) < 4.78 is 0. The van der Waals surface area contributed by atoms with Crippen molar-refractivity contribution in [2.24, 2.45) is 11.7 Å². The van der Waals surface area contributed by atoms with Crippen LogP contribution in [-0.2, 0) is 11.2 Å². The summed E-state index contributed by atoms with van der Waals surface area (Å²) in [6, 6.07) is 1.40. The van der Waals surface area contributed by atoms with E-state index in [4.69, 9.17) is 5.73 Å². The van der Waals surface area contributed by atoms with Crippen LogP contribution in [0, 0.1) is 5.92 Å². The quantitative estimate of drug-likeness (QED) is 0.780. The Hall–Kier alpha value is -2.11. The summed E-state index contributed by atoms with van der Waals surface area (Å²) in [5.74, 6) is -0.554. The number of carbonyl (C=O) groups is 2. The van der Waals surface area contributed by atoms with Gasteiger partial charge >= 0.3 is 0 Å². The lowest BCUT2D eigenvalue weighted by Gasteiger charge is -2.27. The van der Waals surface area contributed by atoms with Crippen molar-refractivity contribution >= 4 is 11.8 Å². The maximum absolute atomic E-state index is 12.3. The van der Waals surface area contributed by atoms with Gasteiger partial charge in [0.15, 0.2) is 0 Å². The molecule has 2 aliphatic rings. The Labute approximate surface area is 128 Å². The highest BCUT2D eigenvalue weighted by Gasteiger charge is 2.28.